The largest absolute Gasteiger partial charge is 0.381 e. The van der Waals surface area contributed by atoms with E-state index in [2.05, 4.69) is 41.7 Å². The van der Waals surface area contributed by atoms with Crippen LogP contribution in [0.5, 0.6) is 0 Å². The smallest absolute Gasteiger partial charge is 0.267 e. The summed E-state index contributed by atoms with van der Waals surface area (Å²) in [4.78, 5) is -0.0382. The first-order valence-corrected chi connectivity index (χ1v) is 9.13. The maximum absolute atomic E-state index is 12.5. The lowest BCUT2D eigenvalue weighted by atomic mass is 10.2. The van der Waals surface area contributed by atoms with E-state index in [0.717, 1.165) is 5.56 Å². The van der Waals surface area contributed by atoms with E-state index < -0.39 is 10.0 Å². The van der Waals surface area contributed by atoms with Crippen molar-refractivity contribution in [1.82, 2.24) is 9.78 Å². The molecule has 1 heterocycles. The summed E-state index contributed by atoms with van der Waals surface area (Å²) in [6, 6.07) is 3.64. The van der Waals surface area contributed by atoms with Crippen LogP contribution in [0.4, 0.5) is 11.5 Å². The number of benzene rings is 1. The Bertz CT molecular complexity index is 764. The summed E-state index contributed by atoms with van der Waals surface area (Å²) >= 11 is 6.70. The zero-order valence-corrected chi connectivity index (χ0v) is 15.4. The van der Waals surface area contributed by atoms with Crippen LogP contribution < -0.4 is 10.5 Å². The Kier molecular flexibility index (Phi) is 4.64. The van der Waals surface area contributed by atoms with E-state index in [4.69, 9.17) is 5.73 Å². The third kappa shape index (κ3) is 3.41. The van der Waals surface area contributed by atoms with Crippen LogP contribution in [-0.2, 0) is 16.6 Å². The van der Waals surface area contributed by atoms with Gasteiger partial charge < -0.3 is 5.73 Å². The fourth-order valence-corrected chi connectivity index (χ4v) is 4.83. The molecule has 21 heavy (non-hydrogen) atoms. The highest BCUT2D eigenvalue weighted by Crippen LogP contribution is 2.34. The van der Waals surface area contributed by atoms with Crippen molar-refractivity contribution in [3.8, 4) is 0 Å². The lowest BCUT2D eigenvalue weighted by Crippen LogP contribution is -2.14. The zero-order valence-electron chi connectivity index (χ0n) is 11.4. The van der Waals surface area contributed by atoms with Gasteiger partial charge in [-0.15, -0.1) is 0 Å². The van der Waals surface area contributed by atoms with E-state index in [9.17, 15) is 8.42 Å². The van der Waals surface area contributed by atoms with Crippen LogP contribution in [0.15, 0.2) is 32.2 Å². The van der Waals surface area contributed by atoms with E-state index in [1.807, 2.05) is 26.0 Å². The third-order valence-electron chi connectivity index (χ3n) is 2.79. The molecule has 0 aliphatic carbocycles. The van der Waals surface area contributed by atoms with Crippen LogP contribution in [0.25, 0.3) is 0 Å². The molecule has 6 nitrogen and oxygen atoms in total. The fourth-order valence-electron chi connectivity index (χ4n) is 1.77. The molecule has 2 aromatic rings. The number of sulfonamides is 1. The van der Waals surface area contributed by atoms with Crippen LogP contribution in [-0.4, -0.2) is 18.2 Å². The number of nitrogens with one attached hydrogen (secondary N) is 1. The van der Waals surface area contributed by atoms with Gasteiger partial charge in [0.25, 0.3) is 10.0 Å². The first-order chi connectivity index (χ1) is 9.74. The summed E-state index contributed by atoms with van der Waals surface area (Å²) in [6.07, 6.45) is 1.41. The van der Waals surface area contributed by atoms with Crippen LogP contribution >= 0.6 is 31.9 Å². The van der Waals surface area contributed by atoms with Crippen LogP contribution in [0.3, 0.4) is 0 Å². The molecule has 0 aliphatic rings. The van der Waals surface area contributed by atoms with Crippen molar-refractivity contribution in [2.75, 3.05) is 10.5 Å². The molecule has 0 bridgehead atoms. The van der Waals surface area contributed by atoms with E-state index >= 15 is 0 Å². The number of aryl methyl sites for hydroxylation is 2. The molecule has 1 aromatic heterocycles. The quantitative estimate of drug-likeness (QED) is 0.768. The summed E-state index contributed by atoms with van der Waals surface area (Å²) in [7, 11) is -3.81. The van der Waals surface area contributed by atoms with Gasteiger partial charge in [-0.25, -0.2) is 8.42 Å². The molecule has 3 N–H and O–H groups in total. The number of nitrogens with two attached hydrogens (primary N) is 1. The molecular formula is C12H14Br2N4O2S. The molecule has 9 heteroatoms. The molecule has 0 radical (unpaired) electrons. The Morgan fingerprint density at radius 2 is 1.90 bits per heavy atom. The molecule has 0 saturated heterocycles. The average Bonchev–Trinajstić information content (AvgIpc) is 2.76. The summed E-state index contributed by atoms with van der Waals surface area (Å²) in [5, 5.41) is 3.95. The van der Waals surface area contributed by atoms with Gasteiger partial charge in [0, 0.05) is 21.7 Å². The first kappa shape index (κ1) is 16.3. The second-order valence-corrected chi connectivity index (χ2v) is 7.80. The second kappa shape index (κ2) is 5.98. The molecular weight excluding hydrogens is 424 g/mol. The summed E-state index contributed by atoms with van der Waals surface area (Å²) in [6.45, 7) is 4.30. The first-order valence-electron chi connectivity index (χ1n) is 6.06. The summed E-state index contributed by atoms with van der Waals surface area (Å²) in [5.74, 6) is -0.0243. The highest BCUT2D eigenvalue weighted by molar-refractivity contribution is 9.11. The lowest BCUT2D eigenvalue weighted by Gasteiger charge is -2.11. The topological polar surface area (TPSA) is 90.0 Å². The van der Waals surface area contributed by atoms with Crippen LogP contribution in [0.2, 0.25) is 0 Å². The minimum atomic E-state index is -3.81. The monoisotopic (exact) mass is 436 g/mol. The van der Waals surface area contributed by atoms with Crippen molar-refractivity contribution >= 4 is 53.4 Å². The van der Waals surface area contributed by atoms with Gasteiger partial charge in [0.05, 0.1) is 5.69 Å². The Labute approximate surface area is 140 Å². The van der Waals surface area contributed by atoms with Crippen molar-refractivity contribution in [2.45, 2.75) is 25.3 Å². The highest BCUT2D eigenvalue weighted by atomic mass is 79.9. The molecule has 2 rings (SSSR count). The SMILES string of the molecule is CCn1cc(S(=O)(=O)Nc2c(Br)cc(C)cc2Br)c(N)n1. The van der Waals surface area contributed by atoms with Crippen molar-refractivity contribution in [3.63, 3.8) is 0 Å². The Morgan fingerprint density at radius 3 is 2.38 bits per heavy atom. The number of aromatic nitrogens is 2. The zero-order chi connectivity index (χ0) is 15.8. The molecule has 0 fully saturated rings. The summed E-state index contributed by atoms with van der Waals surface area (Å²) < 4.78 is 30.2. The number of halogens is 2. The third-order valence-corrected chi connectivity index (χ3v) is 5.41. The van der Waals surface area contributed by atoms with E-state index in [0.29, 0.717) is 21.2 Å². The molecule has 0 aliphatic heterocycles. The molecule has 0 spiro atoms. The van der Waals surface area contributed by atoms with Crippen molar-refractivity contribution < 1.29 is 8.42 Å². The van der Waals surface area contributed by atoms with Crippen molar-refractivity contribution in [2.24, 2.45) is 0 Å². The predicted octanol–water partition coefficient (Wildman–Crippen LogP) is 3.12. The highest BCUT2D eigenvalue weighted by Gasteiger charge is 2.23. The van der Waals surface area contributed by atoms with Gasteiger partial charge in [-0.2, -0.15) is 5.10 Å². The molecule has 0 amide bonds. The van der Waals surface area contributed by atoms with Gasteiger partial charge in [-0.1, -0.05) is 0 Å². The van der Waals surface area contributed by atoms with E-state index in [-0.39, 0.29) is 10.7 Å². The van der Waals surface area contributed by atoms with Crippen molar-refractivity contribution in [1.29, 1.82) is 0 Å². The van der Waals surface area contributed by atoms with Gasteiger partial charge in [-0.3, -0.25) is 9.40 Å². The van der Waals surface area contributed by atoms with Crippen molar-refractivity contribution in [3.05, 3.63) is 32.8 Å². The number of hydrogen-bond donors (Lipinski definition) is 2. The Balaban J connectivity index is 2.44. The standard InChI is InChI=1S/C12H14Br2N4O2S/c1-3-18-6-10(12(15)16-18)21(19,20)17-11-8(13)4-7(2)5-9(11)14/h4-6,17H,3H2,1-2H3,(H2,15,16). The lowest BCUT2D eigenvalue weighted by molar-refractivity contribution is 0.600. The maximum Gasteiger partial charge on any atom is 0.267 e. The average molecular weight is 438 g/mol. The fraction of sp³-hybridized carbons (Fsp3) is 0.250. The number of nitrogens with zero attached hydrogens (tertiary/aromatic N) is 2. The van der Waals surface area contributed by atoms with Gasteiger partial charge in [-0.05, 0) is 63.4 Å². The number of nitrogen functional groups attached to an aromatic ring is 1. The molecule has 114 valence electrons. The summed E-state index contributed by atoms with van der Waals surface area (Å²) in [5.41, 5.74) is 7.10. The van der Waals surface area contributed by atoms with Gasteiger partial charge >= 0.3 is 0 Å². The Morgan fingerprint density at radius 1 is 1.33 bits per heavy atom. The maximum atomic E-state index is 12.5. The second-order valence-electron chi connectivity index (χ2n) is 4.44. The number of anilines is 2. The van der Waals surface area contributed by atoms with Gasteiger partial charge in [0.15, 0.2) is 5.82 Å². The normalized spacial score (nSPS) is 11.6. The van der Waals surface area contributed by atoms with Crippen LogP contribution in [0.1, 0.15) is 12.5 Å². The number of hydrogen-bond acceptors (Lipinski definition) is 4. The molecule has 0 unspecified atom stereocenters. The van der Waals surface area contributed by atoms with E-state index in [1.165, 1.54) is 10.9 Å². The van der Waals surface area contributed by atoms with E-state index in [1.54, 1.807) is 0 Å². The predicted molar refractivity (Wildman–Crippen MR) is 89.7 cm³/mol. The molecule has 0 atom stereocenters. The Hall–Kier alpha value is -1.06. The van der Waals surface area contributed by atoms with Crippen LogP contribution in [0, 0.1) is 6.92 Å². The van der Waals surface area contributed by atoms with Gasteiger partial charge in [0.2, 0.25) is 0 Å². The van der Waals surface area contributed by atoms with Gasteiger partial charge in [0.1, 0.15) is 4.90 Å². The number of rotatable bonds is 4. The minimum Gasteiger partial charge on any atom is -0.381 e. The molecule has 0 saturated carbocycles. The molecule has 1 aromatic carbocycles. The minimum absolute atomic E-state index is 0.0243.